The second-order valence-corrected chi connectivity index (χ2v) is 4.32. The fraction of sp³-hybridized carbons (Fsp3) is 0.385. The quantitative estimate of drug-likeness (QED) is 0.496. The van der Waals surface area contributed by atoms with Gasteiger partial charge in [-0.2, -0.15) is 0 Å². The Kier molecular flexibility index (Phi) is 5.98. The average Bonchev–Trinajstić information content (AvgIpc) is 2.36. The zero-order valence-electron chi connectivity index (χ0n) is 10.8. The van der Waals surface area contributed by atoms with Crippen LogP contribution < -0.4 is 15.3 Å². The Labute approximate surface area is 111 Å². The predicted molar refractivity (Wildman–Crippen MR) is 66.3 cm³/mol. The molecule has 104 valence electrons. The monoisotopic (exact) mass is 266 g/mol. The van der Waals surface area contributed by atoms with Gasteiger partial charge in [-0.3, -0.25) is 4.79 Å². The van der Waals surface area contributed by atoms with Crippen LogP contribution in [0.2, 0.25) is 0 Å². The summed E-state index contributed by atoms with van der Waals surface area (Å²) < 4.78 is 0. The largest absolute Gasteiger partial charge is 0.548 e. The summed E-state index contributed by atoms with van der Waals surface area (Å²) in [4.78, 5) is 23.2. The lowest BCUT2D eigenvalue weighted by atomic mass is 10.1. The molecule has 1 aromatic rings. The van der Waals surface area contributed by atoms with Crippen molar-refractivity contribution >= 4 is 11.9 Å². The molecule has 6 nitrogen and oxygen atoms in total. The fourth-order valence-corrected chi connectivity index (χ4v) is 1.75. The molecule has 0 aromatic heterocycles. The van der Waals surface area contributed by atoms with E-state index in [1.807, 2.05) is 19.2 Å². The van der Waals surface area contributed by atoms with Crippen LogP contribution in [0.25, 0.3) is 0 Å². The molecule has 1 amide bonds. The number of aliphatic hydroxyl groups is 1. The number of carboxylic acids is 1. The third kappa shape index (κ3) is 5.07. The third-order valence-electron chi connectivity index (χ3n) is 2.69. The second-order valence-electron chi connectivity index (χ2n) is 4.32. The summed E-state index contributed by atoms with van der Waals surface area (Å²) >= 11 is 0. The molecule has 0 aliphatic carbocycles. The molecular weight excluding hydrogens is 248 g/mol. The molecule has 0 aliphatic heterocycles. The molecule has 0 radical (unpaired) electrons. The van der Waals surface area contributed by atoms with Gasteiger partial charge in [0.25, 0.3) is 5.91 Å². The first kappa shape index (κ1) is 15.1. The molecule has 0 spiro atoms. The molecule has 19 heavy (non-hydrogen) atoms. The van der Waals surface area contributed by atoms with Crippen LogP contribution in [-0.2, 0) is 11.3 Å². The first-order chi connectivity index (χ1) is 9.04. The standard InChI is InChI=1S/C13H18N2O4/c1-15(6-7-16)9-10-4-2-3-5-11(10)13(19)14-8-12(17)18/h2-5,16H,6-9H2,1H3,(H,14,19)(H,17,18). The molecular formula is C13H18N2O4. The van der Waals surface area contributed by atoms with Gasteiger partial charge in [0.1, 0.15) is 13.1 Å². The van der Waals surface area contributed by atoms with E-state index in [2.05, 4.69) is 5.32 Å². The Morgan fingerprint density at radius 3 is 2.68 bits per heavy atom. The number of carboxylic acid groups (broad SMARTS) is 1. The molecule has 0 fully saturated rings. The highest BCUT2D eigenvalue weighted by Gasteiger charge is 2.13. The normalized spacial score (nSPS) is 11.9. The molecule has 1 aromatic carbocycles. The lowest BCUT2D eigenvalue weighted by Crippen LogP contribution is -3.08. The second kappa shape index (κ2) is 7.50. The highest BCUT2D eigenvalue weighted by molar-refractivity contribution is 5.96. The smallest absolute Gasteiger partial charge is 0.252 e. The van der Waals surface area contributed by atoms with Gasteiger partial charge in [0.15, 0.2) is 0 Å². The first-order valence-corrected chi connectivity index (χ1v) is 6.02. The van der Waals surface area contributed by atoms with Gasteiger partial charge >= 0.3 is 0 Å². The summed E-state index contributed by atoms with van der Waals surface area (Å²) in [5, 5.41) is 21.5. The number of carbonyl (C=O) groups is 2. The van der Waals surface area contributed by atoms with Gasteiger partial charge in [-0.15, -0.1) is 0 Å². The van der Waals surface area contributed by atoms with Crippen molar-refractivity contribution in [3.8, 4) is 0 Å². The van der Waals surface area contributed by atoms with Crippen LogP contribution >= 0.6 is 0 Å². The van der Waals surface area contributed by atoms with Crippen molar-refractivity contribution in [2.24, 2.45) is 0 Å². The summed E-state index contributed by atoms with van der Waals surface area (Å²) in [5.74, 6) is -1.76. The maximum atomic E-state index is 11.8. The molecule has 0 bridgehead atoms. The molecule has 3 N–H and O–H groups in total. The molecule has 0 heterocycles. The SMILES string of the molecule is C[NH+](CCO)Cc1ccccc1C(=O)NCC(=O)[O-]. The van der Waals surface area contributed by atoms with Gasteiger partial charge < -0.3 is 25.2 Å². The van der Waals surface area contributed by atoms with Crippen LogP contribution in [-0.4, -0.2) is 43.7 Å². The Balaban J connectivity index is 2.77. The number of hydrogen-bond donors (Lipinski definition) is 3. The molecule has 0 saturated carbocycles. The number of carbonyl (C=O) groups excluding carboxylic acids is 2. The van der Waals surface area contributed by atoms with Gasteiger partial charge in [0, 0.05) is 11.1 Å². The minimum absolute atomic E-state index is 0.0743. The van der Waals surface area contributed by atoms with Gasteiger partial charge in [0.2, 0.25) is 0 Å². The van der Waals surface area contributed by atoms with Gasteiger partial charge in [-0.25, -0.2) is 0 Å². The van der Waals surface area contributed by atoms with Crippen LogP contribution in [0.4, 0.5) is 0 Å². The summed E-state index contributed by atoms with van der Waals surface area (Å²) in [7, 11) is 1.91. The lowest BCUT2D eigenvalue weighted by Gasteiger charge is -2.15. The lowest BCUT2D eigenvalue weighted by molar-refractivity contribution is -0.894. The fourth-order valence-electron chi connectivity index (χ4n) is 1.75. The van der Waals surface area contributed by atoms with Crippen LogP contribution in [0.5, 0.6) is 0 Å². The van der Waals surface area contributed by atoms with Gasteiger partial charge in [-0.05, 0) is 6.07 Å². The van der Waals surface area contributed by atoms with Crippen molar-refractivity contribution in [1.29, 1.82) is 0 Å². The summed E-state index contributed by atoms with van der Waals surface area (Å²) in [6, 6.07) is 7.00. The zero-order valence-corrected chi connectivity index (χ0v) is 10.8. The number of rotatable bonds is 7. The van der Waals surface area contributed by atoms with E-state index in [4.69, 9.17) is 5.11 Å². The zero-order chi connectivity index (χ0) is 14.3. The van der Waals surface area contributed by atoms with E-state index in [-0.39, 0.29) is 6.61 Å². The molecule has 0 aliphatic rings. The van der Waals surface area contributed by atoms with E-state index in [1.54, 1.807) is 12.1 Å². The Morgan fingerprint density at radius 1 is 1.37 bits per heavy atom. The maximum absolute atomic E-state index is 11.8. The Bertz CT molecular complexity index is 448. The Morgan fingerprint density at radius 2 is 2.05 bits per heavy atom. The number of amides is 1. The molecule has 1 unspecified atom stereocenters. The van der Waals surface area contributed by atoms with Crippen molar-refractivity contribution in [3.63, 3.8) is 0 Å². The van der Waals surface area contributed by atoms with Gasteiger partial charge in [0.05, 0.1) is 26.2 Å². The summed E-state index contributed by atoms with van der Waals surface area (Å²) in [6.45, 7) is 0.724. The van der Waals surface area contributed by atoms with E-state index in [0.717, 1.165) is 10.5 Å². The van der Waals surface area contributed by atoms with E-state index < -0.39 is 18.4 Å². The van der Waals surface area contributed by atoms with E-state index >= 15 is 0 Å². The number of likely N-dealkylation sites (N-methyl/N-ethyl adjacent to an activating group) is 1. The van der Waals surface area contributed by atoms with Crippen LogP contribution in [0, 0.1) is 0 Å². The predicted octanol–water partition coefficient (Wildman–Crippen LogP) is -2.83. The van der Waals surface area contributed by atoms with Crippen molar-refractivity contribution in [2.45, 2.75) is 6.54 Å². The summed E-state index contributed by atoms with van der Waals surface area (Å²) in [6.07, 6.45) is 0. The van der Waals surface area contributed by atoms with E-state index in [1.165, 1.54) is 0 Å². The highest BCUT2D eigenvalue weighted by Crippen LogP contribution is 2.07. The number of aliphatic hydroxyl groups excluding tert-OH is 1. The summed E-state index contributed by atoms with van der Waals surface area (Å²) in [5.41, 5.74) is 1.25. The van der Waals surface area contributed by atoms with Crippen molar-refractivity contribution < 1.29 is 24.7 Å². The minimum Gasteiger partial charge on any atom is -0.548 e. The molecule has 6 heteroatoms. The third-order valence-corrected chi connectivity index (χ3v) is 2.69. The topological polar surface area (TPSA) is 93.9 Å². The molecule has 0 saturated heterocycles. The number of nitrogens with one attached hydrogen (secondary N) is 2. The van der Waals surface area contributed by atoms with E-state index in [9.17, 15) is 14.7 Å². The van der Waals surface area contributed by atoms with Crippen LogP contribution in [0.1, 0.15) is 15.9 Å². The molecule has 1 rings (SSSR count). The number of quaternary nitrogens is 1. The first-order valence-electron chi connectivity index (χ1n) is 6.02. The average molecular weight is 266 g/mol. The van der Waals surface area contributed by atoms with Crippen LogP contribution in [0.15, 0.2) is 24.3 Å². The number of benzene rings is 1. The van der Waals surface area contributed by atoms with Gasteiger partial charge in [-0.1, -0.05) is 18.2 Å². The highest BCUT2D eigenvalue weighted by atomic mass is 16.4. The maximum Gasteiger partial charge on any atom is 0.252 e. The molecule has 1 atom stereocenters. The minimum atomic E-state index is -1.33. The number of aliphatic carboxylic acids is 1. The number of hydrogen-bond acceptors (Lipinski definition) is 4. The van der Waals surface area contributed by atoms with Crippen molar-refractivity contribution in [3.05, 3.63) is 35.4 Å². The van der Waals surface area contributed by atoms with Crippen molar-refractivity contribution in [1.82, 2.24) is 5.32 Å². The Hall–Kier alpha value is -1.92. The van der Waals surface area contributed by atoms with E-state index in [0.29, 0.717) is 18.7 Å². The van der Waals surface area contributed by atoms with Crippen LogP contribution in [0.3, 0.4) is 0 Å². The van der Waals surface area contributed by atoms with Crippen molar-refractivity contribution in [2.75, 3.05) is 26.7 Å².